The van der Waals surface area contributed by atoms with Crippen molar-refractivity contribution >= 4 is 15.9 Å². The monoisotopic (exact) mass is 270 g/mol. The molecule has 1 heterocycles. The normalized spacial score (nSPS) is 18.5. The molecular formula is C11H15BrN2O. The predicted molar refractivity (Wildman–Crippen MR) is 62.4 cm³/mol. The Morgan fingerprint density at radius 3 is 2.87 bits per heavy atom. The lowest BCUT2D eigenvalue weighted by atomic mass is 9.80. The fraction of sp³-hybridized carbons (Fsp3) is 0.545. The predicted octanol–water partition coefficient (Wildman–Crippen LogP) is 1.85. The number of pyridine rings is 1. The molecular weight excluding hydrogens is 256 g/mol. The van der Waals surface area contributed by atoms with Crippen molar-refractivity contribution in [2.24, 2.45) is 0 Å². The lowest BCUT2D eigenvalue weighted by Gasteiger charge is -2.36. The Morgan fingerprint density at radius 1 is 1.47 bits per heavy atom. The maximum atomic E-state index is 9.85. The second kappa shape index (κ2) is 4.60. The third-order valence-corrected chi connectivity index (χ3v) is 3.26. The molecule has 0 atom stereocenters. The van der Waals surface area contributed by atoms with Crippen LogP contribution in [-0.2, 0) is 6.54 Å². The highest BCUT2D eigenvalue weighted by Crippen LogP contribution is 2.30. The Balaban J connectivity index is 1.78. The molecule has 1 aromatic heterocycles. The van der Waals surface area contributed by atoms with E-state index in [1.807, 2.05) is 18.2 Å². The van der Waals surface area contributed by atoms with Gasteiger partial charge in [0.1, 0.15) is 4.60 Å². The highest BCUT2D eigenvalue weighted by molar-refractivity contribution is 9.10. The second-order valence-electron chi connectivity index (χ2n) is 4.13. The molecule has 1 fully saturated rings. The van der Waals surface area contributed by atoms with Crippen molar-refractivity contribution in [1.82, 2.24) is 10.3 Å². The summed E-state index contributed by atoms with van der Waals surface area (Å²) >= 11 is 3.33. The summed E-state index contributed by atoms with van der Waals surface area (Å²) < 4.78 is 0.851. The molecule has 0 bridgehead atoms. The number of aliphatic hydroxyl groups is 1. The molecule has 0 saturated heterocycles. The fourth-order valence-electron chi connectivity index (χ4n) is 1.73. The first-order chi connectivity index (χ1) is 7.18. The van der Waals surface area contributed by atoms with Gasteiger partial charge < -0.3 is 10.4 Å². The largest absolute Gasteiger partial charge is 0.389 e. The Bertz CT molecular complexity index is 339. The van der Waals surface area contributed by atoms with Crippen LogP contribution in [-0.4, -0.2) is 22.2 Å². The summed E-state index contributed by atoms with van der Waals surface area (Å²) in [4.78, 5) is 4.31. The number of rotatable bonds is 4. The van der Waals surface area contributed by atoms with Crippen molar-refractivity contribution in [2.45, 2.75) is 31.4 Å². The van der Waals surface area contributed by atoms with Gasteiger partial charge in [0.15, 0.2) is 0 Å². The van der Waals surface area contributed by atoms with E-state index in [9.17, 15) is 5.11 Å². The minimum atomic E-state index is -0.452. The van der Waals surface area contributed by atoms with E-state index in [1.165, 1.54) is 0 Å². The van der Waals surface area contributed by atoms with Crippen molar-refractivity contribution in [2.75, 3.05) is 6.54 Å². The number of hydrogen-bond acceptors (Lipinski definition) is 3. The molecule has 0 aromatic carbocycles. The van der Waals surface area contributed by atoms with Gasteiger partial charge in [0.25, 0.3) is 0 Å². The van der Waals surface area contributed by atoms with Crippen LogP contribution in [0.2, 0.25) is 0 Å². The van der Waals surface area contributed by atoms with Gasteiger partial charge in [-0.25, -0.2) is 4.98 Å². The summed E-state index contributed by atoms with van der Waals surface area (Å²) in [6.07, 6.45) is 2.99. The van der Waals surface area contributed by atoms with Gasteiger partial charge in [-0.1, -0.05) is 6.07 Å². The van der Waals surface area contributed by atoms with Gasteiger partial charge in [0.2, 0.25) is 0 Å². The summed E-state index contributed by atoms with van der Waals surface area (Å²) in [5.74, 6) is 0. The number of aromatic nitrogens is 1. The van der Waals surface area contributed by atoms with Gasteiger partial charge in [-0.2, -0.15) is 0 Å². The molecule has 1 aliphatic carbocycles. The first kappa shape index (κ1) is 11.0. The molecule has 1 aromatic rings. The SMILES string of the molecule is OC1(CNCc2cccc(Br)n2)CCC1. The second-order valence-corrected chi connectivity index (χ2v) is 4.95. The minimum Gasteiger partial charge on any atom is -0.389 e. The molecule has 4 heteroatoms. The summed E-state index contributed by atoms with van der Waals surface area (Å²) in [5, 5.41) is 13.1. The van der Waals surface area contributed by atoms with Crippen molar-refractivity contribution in [3.05, 3.63) is 28.5 Å². The van der Waals surface area contributed by atoms with Gasteiger partial charge in [0, 0.05) is 13.1 Å². The number of hydrogen-bond donors (Lipinski definition) is 2. The molecule has 0 radical (unpaired) electrons. The maximum Gasteiger partial charge on any atom is 0.106 e. The van der Waals surface area contributed by atoms with E-state index in [2.05, 4.69) is 26.2 Å². The molecule has 0 spiro atoms. The Hall–Kier alpha value is -0.450. The van der Waals surface area contributed by atoms with Crippen LogP contribution in [0.15, 0.2) is 22.8 Å². The van der Waals surface area contributed by atoms with Gasteiger partial charge in [0.05, 0.1) is 11.3 Å². The lowest BCUT2D eigenvalue weighted by Crippen LogP contribution is -2.46. The van der Waals surface area contributed by atoms with E-state index in [4.69, 9.17) is 0 Å². The van der Waals surface area contributed by atoms with E-state index >= 15 is 0 Å². The number of nitrogens with one attached hydrogen (secondary N) is 1. The summed E-state index contributed by atoms with van der Waals surface area (Å²) in [5.41, 5.74) is 0.541. The molecule has 0 unspecified atom stereocenters. The Kier molecular flexibility index (Phi) is 3.38. The zero-order valence-corrected chi connectivity index (χ0v) is 10.1. The zero-order valence-electron chi connectivity index (χ0n) is 8.54. The van der Waals surface area contributed by atoms with E-state index in [0.29, 0.717) is 13.1 Å². The standard InChI is InChI=1S/C11H15BrN2O/c12-10-4-1-3-9(14-10)7-13-8-11(15)5-2-6-11/h1,3-4,13,15H,2,5-8H2. The van der Waals surface area contributed by atoms with E-state index in [1.54, 1.807) is 0 Å². The molecule has 2 N–H and O–H groups in total. The third-order valence-electron chi connectivity index (χ3n) is 2.82. The van der Waals surface area contributed by atoms with Crippen molar-refractivity contribution in [3.63, 3.8) is 0 Å². The van der Waals surface area contributed by atoms with Crippen LogP contribution in [0.3, 0.4) is 0 Å². The Morgan fingerprint density at radius 2 is 2.27 bits per heavy atom. The van der Waals surface area contributed by atoms with Gasteiger partial charge >= 0.3 is 0 Å². The van der Waals surface area contributed by atoms with Crippen molar-refractivity contribution < 1.29 is 5.11 Å². The molecule has 2 rings (SSSR count). The van der Waals surface area contributed by atoms with Gasteiger partial charge in [-0.15, -0.1) is 0 Å². The summed E-state index contributed by atoms with van der Waals surface area (Å²) in [6, 6.07) is 5.84. The summed E-state index contributed by atoms with van der Waals surface area (Å²) in [6.45, 7) is 1.38. The molecule has 3 nitrogen and oxygen atoms in total. The first-order valence-corrected chi connectivity index (χ1v) is 6.02. The highest BCUT2D eigenvalue weighted by atomic mass is 79.9. The topological polar surface area (TPSA) is 45.1 Å². The van der Waals surface area contributed by atoms with Crippen LogP contribution in [0.5, 0.6) is 0 Å². The summed E-state index contributed by atoms with van der Waals surface area (Å²) in [7, 11) is 0. The van der Waals surface area contributed by atoms with E-state index in [0.717, 1.165) is 29.6 Å². The lowest BCUT2D eigenvalue weighted by molar-refractivity contribution is -0.0315. The molecule has 0 amide bonds. The smallest absolute Gasteiger partial charge is 0.106 e. The molecule has 15 heavy (non-hydrogen) atoms. The number of nitrogens with zero attached hydrogens (tertiary/aromatic N) is 1. The molecule has 0 aliphatic heterocycles. The maximum absolute atomic E-state index is 9.85. The van der Waals surface area contributed by atoms with Crippen LogP contribution < -0.4 is 5.32 Å². The molecule has 1 saturated carbocycles. The van der Waals surface area contributed by atoms with Crippen LogP contribution in [0.1, 0.15) is 25.0 Å². The van der Waals surface area contributed by atoms with E-state index in [-0.39, 0.29) is 0 Å². The van der Waals surface area contributed by atoms with Crippen molar-refractivity contribution in [3.8, 4) is 0 Å². The van der Waals surface area contributed by atoms with Crippen molar-refractivity contribution in [1.29, 1.82) is 0 Å². The number of halogens is 1. The third kappa shape index (κ3) is 3.00. The highest BCUT2D eigenvalue weighted by Gasteiger charge is 2.33. The fourth-order valence-corrected chi connectivity index (χ4v) is 2.11. The van der Waals surface area contributed by atoms with Crippen LogP contribution in [0, 0.1) is 0 Å². The quantitative estimate of drug-likeness (QED) is 0.821. The van der Waals surface area contributed by atoms with Gasteiger partial charge in [-0.05, 0) is 47.3 Å². The Labute approximate surface area is 98.0 Å². The minimum absolute atomic E-state index is 0.452. The van der Waals surface area contributed by atoms with Crippen LogP contribution >= 0.6 is 15.9 Å². The van der Waals surface area contributed by atoms with E-state index < -0.39 is 5.60 Å². The zero-order chi connectivity index (χ0) is 10.7. The molecule has 1 aliphatic rings. The molecule has 82 valence electrons. The average molecular weight is 271 g/mol. The van der Waals surface area contributed by atoms with Crippen LogP contribution in [0.25, 0.3) is 0 Å². The van der Waals surface area contributed by atoms with Crippen LogP contribution in [0.4, 0.5) is 0 Å². The first-order valence-electron chi connectivity index (χ1n) is 5.23. The van der Waals surface area contributed by atoms with Gasteiger partial charge in [-0.3, -0.25) is 0 Å². The average Bonchev–Trinajstić information content (AvgIpc) is 2.15.